The van der Waals surface area contributed by atoms with Crippen LogP contribution in [0.4, 0.5) is 19.5 Å². The average molecular weight is 659 g/mol. The zero-order chi connectivity index (χ0) is 31.2. The highest BCUT2D eigenvalue weighted by atomic mass is 32.2. The van der Waals surface area contributed by atoms with Crippen LogP contribution in [-0.4, -0.2) is 82.9 Å². The maximum Gasteiger partial charge on any atom is 0.335 e. The summed E-state index contributed by atoms with van der Waals surface area (Å²) in [5.41, 5.74) is 1.73. The molecule has 2 aliphatic heterocycles. The smallest absolute Gasteiger partial charge is 0.335 e. The molecule has 1 aromatic heterocycles. The van der Waals surface area contributed by atoms with Gasteiger partial charge in [-0.25, -0.2) is 13.6 Å². The average Bonchev–Trinajstić information content (AvgIpc) is 3.53. The van der Waals surface area contributed by atoms with Crippen LogP contribution in [-0.2, 0) is 14.3 Å². The molecule has 0 spiro atoms. The third-order valence-corrected chi connectivity index (χ3v) is 9.34. The van der Waals surface area contributed by atoms with Gasteiger partial charge < -0.3 is 20.5 Å². The van der Waals surface area contributed by atoms with Crippen molar-refractivity contribution in [3.05, 3.63) is 75.5 Å². The number of hydrogen-bond donors (Lipinski definition) is 3. The number of carboxylic acids is 1. The van der Waals surface area contributed by atoms with Gasteiger partial charge in [0.25, 0.3) is 5.91 Å². The lowest BCUT2D eigenvalue weighted by Gasteiger charge is -2.26. The van der Waals surface area contributed by atoms with Crippen LogP contribution in [0.1, 0.15) is 21.7 Å². The molecule has 3 N–H and O–H groups in total. The number of carbonyl (C=O) groups excluding carboxylic acids is 2. The molecule has 3 heterocycles. The minimum Gasteiger partial charge on any atom is -0.478 e. The van der Waals surface area contributed by atoms with Crippen LogP contribution < -0.4 is 10.6 Å². The Morgan fingerprint density at radius 1 is 1.05 bits per heavy atom. The minimum absolute atomic E-state index is 0.0170. The Labute approximate surface area is 265 Å². The Bertz CT molecular complexity index is 1610. The first-order valence-corrected chi connectivity index (χ1v) is 15.7. The molecule has 0 saturated carbocycles. The minimum atomic E-state index is -1.07. The van der Waals surface area contributed by atoms with Crippen molar-refractivity contribution in [3.8, 4) is 11.1 Å². The van der Waals surface area contributed by atoms with E-state index in [1.165, 1.54) is 46.6 Å². The molecule has 2 aromatic carbocycles. The van der Waals surface area contributed by atoms with Gasteiger partial charge in [-0.05, 0) is 54.1 Å². The van der Waals surface area contributed by atoms with E-state index in [0.29, 0.717) is 45.8 Å². The van der Waals surface area contributed by atoms with Gasteiger partial charge in [-0.3, -0.25) is 19.4 Å². The summed E-state index contributed by atoms with van der Waals surface area (Å²) in [5.74, 6) is -3.63. The Balaban J connectivity index is 1.26. The van der Waals surface area contributed by atoms with E-state index in [2.05, 4.69) is 15.5 Å². The van der Waals surface area contributed by atoms with Gasteiger partial charge in [0.1, 0.15) is 4.32 Å². The third-order valence-electron chi connectivity index (χ3n) is 6.92. The van der Waals surface area contributed by atoms with Crippen molar-refractivity contribution in [3.63, 3.8) is 0 Å². The molecule has 3 aromatic rings. The largest absolute Gasteiger partial charge is 0.478 e. The third kappa shape index (κ3) is 7.87. The first-order chi connectivity index (χ1) is 21.2. The van der Waals surface area contributed by atoms with E-state index in [0.717, 1.165) is 53.4 Å². The van der Waals surface area contributed by atoms with Crippen molar-refractivity contribution in [2.45, 2.75) is 6.42 Å². The quantitative estimate of drug-likeness (QED) is 0.185. The predicted octanol–water partition coefficient (Wildman–Crippen LogP) is 5.37. The van der Waals surface area contributed by atoms with E-state index >= 15 is 0 Å². The van der Waals surface area contributed by atoms with Gasteiger partial charge in [-0.1, -0.05) is 30.0 Å². The number of benzene rings is 2. The van der Waals surface area contributed by atoms with Crippen molar-refractivity contribution in [1.29, 1.82) is 0 Å². The number of carbonyl (C=O) groups is 3. The van der Waals surface area contributed by atoms with Crippen molar-refractivity contribution in [2.24, 2.45) is 0 Å². The molecule has 0 aliphatic carbocycles. The highest BCUT2D eigenvalue weighted by molar-refractivity contribution is 8.26. The second-order valence-corrected chi connectivity index (χ2v) is 12.7. The standard InChI is InChI=1S/C30H28F2N4O5S3/c31-23-6-3-19(15-24(23)32)22-16-21(43-27(22)33-8-10-35-11-13-41-14-12-35)17-25-28(38)36(30(42)44-25)9-7-26(37)34-20-4-1-18(2-5-20)29(39)40/h1-6,15-17,33H,7-14H2,(H,34,37)(H,39,40). The molecule has 0 radical (unpaired) electrons. The number of hydrogen-bond acceptors (Lipinski definition) is 9. The van der Waals surface area contributed by atoms with E-state index in [1.54, 1.807) is 6.08 Å². The van der Waals surface area contributed by atoms with Crippen LogP contribution in [0.2, 0.25) is 0 Å². The monoisotopic (exact) mass is 658 g/mol. The second kappa shape index (κ2) is 14.4. The van der Waals surface area contributed by atoms with Crippen molar-refractivity contribution in [1.82, 2.24) is 9.80 Å². The number of carboxylic acid groups (broad SMARTS) is 1. The number of thiophene rings is 1. The zero-order valence-corrected chi connectivity index (χ0v) is 25.8. The molecular weight excluding hydrogens is 631 g/mol. The van der Waals surface area contributed by atoms with Crippen LogP contribution in [0, 0.1) is 11.6 Å². The Morgan fingerprint density at radius 3 is 2.50 bits per heavy atom. The summed E-state index contributed by atoms with van der Waals surface area (Å²) < 4.78 is 33.5. The van der Waals surface area contributed by atoms with Gasteiger partial charge in [-0.15, -0.1) is 11.3 Å². The topological polar surface area (TPSA) is 111 Å². The molecule has 0 unspecified atom stereocenters. The lowest BCUT2D eigenvalue weighted by Crippen LogP contribution is -2.38. The molecule has 14 heteroatoms. The summed E-state index contributed by atoms with van der Waals surface area (Å²) in [5, 5.41) is 15.9. The van der Waals surface area contributed by atoms with E-state index in [4.69, 9.17) is 22.1 Å². The molecule has 44 heavy (non-hydrogen) atoms. The molecule has 0 bridgehead atoms. The van der Waals surface area contributed by atoms with E-state index in [9.17, 15) is 23.2 Å². The van der Waals surface area contributed by atoms with E-state index in [1.807, 2.05) is 6.07 Å². The molecule has 2 saturated heterocycles. The van der Waals surface area contributed by atoms with Gasteiger partial charge >= 0.3 is 5.97 Å². The van der Waals surface area contributed by atoms with E-state index < -0.39 is 17.6 Å². The molecule has 2 aliphatic rings. The second-order valence-electron chi connectivity index (χ2n) is 9.92. The first-order valence-electron chi connectivity index (χ1n) is 13.7. The Hall–Kier alpha value is -3.69. The van der Waals surface area contributed by atoms with Gasteiger partial charge in [0.15, 0.2) is 11.6 Å². The van der Waals surface area contributed by atoms with Gasteiger partial charge in [-0.2, -0.15) is 0 Å². The number of morpholine rings is 1. The van der Waals surface area contributed by atoms with Crippen LogP contribution in [0.15, 0.2) is 53.4 Å². The summed E-state index contributed by atoms with van der Waals surface area (Å²) in [6.07, 6.45) is 1.70. The van der Waals surface area contributed by atoms with Crippen molar-refractivity contribution in [2.75, 3.05) is 56.6 Å². The molecule has 2 fully saturated rings. The number of amides is 2. The fraction of sp³-hybridized carbons (Fsp3) is 0.267. The lowest BCUT2D eigenvalue weighted by atomic mass is 10.1. The van der Waals surface area contributed by atoms with E-state index in [-0.39, 0.29) is 30.3 Å². The summed E-state index contributed by atoms with van der Waals surface area (Å²) in [4.78, 5) is 41.5. The number of thiocarbonyl (C=S) groups is 1. The number of nitrogens with zero attached hydrogens (tertiary/aromatic N) is 2. The summed E-state index contributed by atoms with van der Waals surface area (Å²) >= 11 is 7.94. The number of aromatic carboxylic acids is 1. The summed E-state index contributed by atoms with van der Waals surface area (Å²) in [6, 6.07) is 11.3. The molecule has 2 amide bonds. The lowest BCUT2D eigenvalue weighted by molar-refractivity contribution is -0.122. The number of anilines is 2. The maximum atomic E-state index is 14.1. The Kier molecular flexibility index (Phi) is 10.4. The number of rotatable bonds is 11. The van der Waals surface area contributed by atoms with Crippen LogP contribution in [0.5, 0.6) is 0 Å². The number of nitrogens with one attached hydrogen (secondary N) is 2. The highest BCUT2D eigenvalue weighted by Crippen LogP contribution is 2.40. The SMILES string of the molecule is O=C(CCN1C(=O)C(=Cc2cc(-c3ccc(F)c(F)c3)c(NCCN3CCOCC3)s2)SC1=S)Nc1ccc(C(=O)O)cc1. The fourth-order valence-corrected chi connectivity index (χ4v) is 7.02. The van der Waals surface area contributed by atoms with Gasteiger partial charge in [0.05, 0.1) is 28.7 Å². The molecular formula is C30H28F2N4O5S3. The highest BCUT2D eigenvalue weighted by Gasteiger charge is 2.32. The molecule has 9 nitrogen and oxygen atoms in total. The predicted molar refractivity (Wildman–Crippen MR) is 172 cm³/mol. The number of ether oxygens (including phenoxy) is 1. The first kappa shape index (κ1) is 31.7. The molecule has 230 valence electrons. The van der Waals surface area contributed by atoms with Crippen molar-refractivity contribution < 1.29 is 33.0 Å². The normalized spacial score (nSPS) is 16.5. The molecule has 5 rings (SSSR count). The summed E-state index contributed by atoms with van der Waals surface area (Å²) in [6.45, 7) is 4.55. The zero-order valence-electron chi connectivity index (χ0n) is 23.3. The summed E-state index contributed by atoms with van der Waals surface area (Å²) in [7, 11) is 0. The van der Waals surface area contributed by atoms with Gasteiger partial charge in [0, 0.05) is 55.3 Å². The van der Waals surface area contributed by atoms with Gasteiger partial charge in [0.2, 0.25) is 5.91 Å². The fourth-order valence-electron chi connectivity index (χ4n) is 4.60. The number of thioether (sulfide) groups is 1. The maximum absolute atomic E-state index is 14.1. The van der Waals surface area contributed by atoms with Crippen LogP contribution in [0.25, 0.3) is 17.2 Å². The van der Waals surface area contributed by atoms with Crippen LogP contribution >= 0.6 is 35.3 Å². The molecule has 0 atom stereocenters. The van der Waals surface area contributed by atoms with Crippen molar-refractivity contribution >= 4 is 74.2 Å². The Morgan fingerprint density at radius 2 is 1.80 bits per heavy atom. The number of halogens is 2. The van der Waals surface area contributed by atoms with Crippen LogP contribution in [0.3, 0.4) is 0 Å².